The molecule has 9 heteroatoms. The normalized spacial score (nSPS) is 13.2. The van der Waals surface area contributed by atoms with E-state index in [1.165, 1.54) is 7.11 Å². The summed E-state index contributed by atoms with van der Waals surface area (Å²) in [6.07, 6.45) is 0. The second-order valence-corrected chi connectivity index (χ2v) is 8.05. The topological polar surface area (TPSA) is 97.0 Å². The van der Waals surface area contributed by atoms with Gasteiger partial charge < -0.3 is 20.1 Å². The summed E-state index contributed by atoms with van der Waals surface area (Å²) in [4.78, 5) is 39.7. The van der Waals surface area contributed by atoms with Crippen LogP contribution < -0.4 is 25.0 Å². The summed E-state index contributed by atoms with van der Waals surface area (Å²) in [6, 6.07) is 18.5. The van der Waals surface area contributed by atoms with Gasteiger partial charge in [0.15, 0.2) is 0 Å². The smallest absolute Gasteiger partial charge is 0.283 e. The van der Waals surface area contributed by atoms with Crippen molar-refractivity contribution in [1.29, 1.82) is 0 Å². The molecule has 4 rings (SSSR count). The van der Waals surface area contributed by atoms with E-state index in [0.717, 1.165) is 10.5 Å². The molecule has 178 valence electrons. The predicted molar refractivity (Wildman–Crippen MR) is 134 cm³/mol. The van der Waals surface area contributed by atoms with Gasteiger partial charge in [-0.3, -0.25) is 14.4 Å². The quantitative estimate of drug-likeness (QED) is 0.465. The van der Waals surface area contributed by atoms with Gasteiger partial charge >= 0.3 is 0 Å². The number of imide groups is 1. The molecule has 1 aliphatic heterocycles. The van der Waals surface area contributed by atoms with Crippen molar-refractivity contribution in [2.45, 2.75) is 6.92 Å². The average molecular weight is 492 g/mol. The lowest BCUT2D eigenvalue weighted by Crippen LogP contribution is -2.32. The Morgan fingerprint density at radius 1 is 0.886 bits per heavy atom. The Kier molecular flexibility index (Phi) is 6.75. The van der Waals surface area contributed by atoms with Crippen molar-refractivity contribution in [3.63, 3.8) is 0 Å². The molecule has 0 aliphatic carbocycles. The molecule has 8 nitrogen and oxygen atoms in total. The summed E-state index contributed by atoms with van der Waals surface area (Å²) < 4.78 is 10.3. The molecule has 3 amide bonds. The first-order chi connectivity index (χ1) is 16.8. The van der Waals surface area contributed by atoms with E-state index in [9.17, 15) is 14.4 Å². The van der Waals surface area contributed by atoms with Crippen LogP contribution >= 0.6 is 11.6 Å². The first-order valence-corrected chi connectivity index (χ1v) is 11.0. The summed E-state index contributed by atoms with van der Waals surface area (Å²) in [5, 5.41) is 5.52. The van der Waals surface area contributed by atoms with E-state index in [0.29, 0.717) is 34.1 Å². The minimum Gasteiger partial charge on any atom is -0.497 e. The molecule has 3 aromatic carbocycles. The zero-order valence-corrected chi connectivity index (χ0v) is 20.0. The van der Waals surface area contributed by atoms with E-state index in [1.54, 1.807) is 73.8 Å². The molecule has 0 bridgehead atoms. The monoisotopic (exact) mass is 491 g/mol. The van der Waals surface area contributed by atoms with Crippen LogP contribution in [0.4, 0.5) is 17.1 Å². The standard InChI is InChI=1S/C26H22ClN3O5/c1-15-7-8-16(24(31)28-17-5-4-6-20(14-17)35-3)13-21(15)29-23-22(27)25(32)30(26(23)33)18-9-11-19(34-2)12-10-18/h4-14,29H,1-3H3,(H,28,31). The number of nitrogens with zero attached hydrogens (tertiary/aromatic N) is 1. The molecule has 0 fully saturated rings. The van der Waals surface area contributed by atoms with Gasteiger partial charge in [-0.15, -0.1) is 0 Å². The zero-order valence-electron chi connectivity index (χ0n) is 19.2. The van der Waals surface area contributed by atoms with Crippen molar-refractivity contribution < 1.29 is 23.9 Å². The minimum absolute atomic E-state index is 0.0686. The van der Waals surface area contributed by atoms with Gasteiger partial charge in [-0.25, -0.2) is 4.90 Å². The van der Waals surface area contributed by atoms with Crippen molar-refractivity contribution in [2.75, 3.05) is 29.8 Å². The van der Waals surface area contributed by atoms with E-state index in [2.05, 4.69) is 10.6 Å². The fourth-order valence-corrected chi connectivity index (χ4v) is 3.73. The van der Waals surface area contributed by atoms with Crippen molar-refractivity contribution >= 4 is 46.4 Å². The van der Waals surface area contributed by atoms with Crippen molar-refractivity contribution in [1.82, 2.24) is 0 Å². The molecule has 0 unspecified atom stereocenters. The maximum absolute atomic E-state index is 13.1. The molecule has 1 aliphatic rings. The highest BCUT2D eigenvalue weighted by atomic mass is 35.5. The van der Waals surface area contributed by atoms with Crippen LogP contribution in [0.25, 0.3) is 0 Å². The highest BCUT2D eigenvalue weighted by molar-refractivity contribution is 6.53. The second kappa shape index (κ2) is 9.90. The molecule has 2 N–H and O–H groups in total. The Bertz CT molecular complexity index is 1350. The summed E-state index contributed by atoms with van der Waals surface area (Å²) in [6.45, 7) is 1.81. The van der Waals surface area contributed by atoms with Crippen molar-refractivity contribution in [3.05, 3.63) is 88.6 Å². The summed E-state index contributed by atoms with van der Waals surface area (Å²) in [7, 11) is 3.07. The van der Waals surface area contributed by atoms with Gasteiger partial charge in [-0.05, 0) is 61.0 Å². The Labute approximate surface area is 207 Å². The second-order valence-electron chi connectivity index (χ2n) is 7.67. The molecule has 0 radical (unpaired) electrons. The number of methoxy groups -OCH3 is 2. The Morgan fingerprint density at radius 2 is 1.60 bits per heavy atom. The maximum Gasteiger partial charge on any atom is 0.283 e. The van der Waals surface area contributed by atoms with E-state index in [4.69, 9.17) is 21.1 Å². The largest absolute Gasteiger partial charge is 0.497 e. The average Bonchev–Trinajstić information content (AvgIpc) is 3.08. The number of benzene rings is 3. The Morgan fingerprint density at radius 3 is 2.29 bits per heavy atom. The Hall–Kier alpha value is -4.30. The zero-order chi connectivity index (χ0) is 25.1. The number of hydrogen-bond acceptors (Lipinski definition) is 6. The first-order valence-electron chi connectivity index (χ1n) is 10.6. The van der Waals surface area contributed by atoms with Crippen LogP contribution in [0.3, 0.4) is 0 Å². The number of nitrogens with one attached hydrogen (secondary N) is 2. The molecule has 3 aromatic rings. The van der Waals surface area contributed by atoms with Crippen LogP contribution in [0.5, 0.6) is 11.5 Å². The number of carbonyl (C=O) groups excluding carboxylic acids is 3. The van der Waals surface area contributed by atoms with Crippen LogP contribution in [0.1, 0.15) is 15.9 Å². The summed E-state index contributed by atoms with van der Waals surface area (Å²) >= 11 is 6.26. The number of rotatable bonds is 7. The van der Waals surface area contributed by atoms with E-state index >= 15 is 0 Å². The molecular formula is C26H22ClN3O5. The van der Waals surface area contributed by atoms with Crippen LogP contribution in [-0.2, 0) is 9.59 Å². The van der Waals surface area contributed by atoms with Gasteiger partial charge in [0, 0.05) is 23.0 Å². The van der Waals surface area contributed by atoms with E-state index in [-0.39, 0.29) is 16.6 Å². The van der Waals surface area contributed by atoms with Gasteiger partial charge in [0.1, 0.15) is 22.2 Å². The van der Waals surface area contributed by atoms with Gasteiger partial charge in [-0.2, -0.15) is 0 Å². The van der Waals surface area contributed by atoms with Crippen molar-refractivity contribution in [2.24, 2.45) is 0 Å². The molecule has 1 heterocycles. The van der Waals surface area contributed by atoms with Crippen molar-refractivity contribution in [3.8, 4) is 11.5 Å². The minimum atomic E-state index is -0.645. The fourth-order valence-electron chi connectivity index (χ4n) is 3.51. The molecule has 0 atom stereocenters. The Balaban J connectivity index is 1.56. The van der Waals surface area contributed by atoms with Gasteiger partial charge in [0.2, 0.25) is 0 Å². The predicted octanol–water partition coefficient (Wildman–Crippen LogP) is 4.70. The number of amides is 3. The number of anilines is 3. The third kappa shape index (κ3) is 4.83. The third-order valence-electron chi connectivity index (χ3n) is 5.44. The molecule has 35 heavy (non-hydrogen) atoms. The molecule has 0 spiro atoms. The van der Waals surface area contributed by atoms with Crippen LogP contribution in [0, 0.1) is 6.92 Å². The van der Waals surface area contributed by atoms with Crippen LogP contribution in [0.15, 0.2) is 77.5 Å². The van der Waals surface area contributed by atoms with E-state index in [1.807, 2.05) is 6.92 Å². The first kappa shape index (κ1) is 23.8. The van der Waals surface area contributed by atoms with Gasteiger partial charge in [-0.1, -0.05) is 23.7 Å². The highest BCUT2D eigenvalue weighted by Gasteiger charge is 2.39. The lowest BCUT2D eigenvalue weighted by molar-refractivity contribution is -0.120. The SMILES string of the molecule is COc1ccc(N2C(=O)C(Cl)=C(Nc3cc(C(=O)Nc4cccc(OC)c4)ccc3C)C2=O)cc1. The number of hydrogen-bond donors (Lipinski definition) is 2. The highest BCUT2D eigenvalue weighted by Crippen LogP contribution is 2.32. The third-order valence-corrected chi connectivity index (χ3v) is 5.80. The molecule has 0 aromatic heterocycles. The summed E-state index contributed by atoms with van der Waals surface area (Å²) in [5.74, 6) is -0.397. The molecule has 0 saturated carbocycles. The fraction of sp³-hybridized carbons (Fsp3) is 0.115. The molecule has 0 saturated heterocycles. The maximum atomic E-state index is 13.1. The summed E-state index contributed by atoms with van der Waals surface area (Å²) in [5.41, 5.74) is 2.43. The number of aryl methyl sites for hydroxylation is 1. The number of halogens is 1. The van der Waals surface area contributed by atoms with Crippen LogP contribution in [-0.4, -0.2) is 31.9 Å². The van der Waals surface area contributed by atoms with Gasteiger partial charge in [0.05, 0.1) is 19.9 Å². The lowest BCUT2D eigenvalue weighted by atomic mass is 10.1. The van der Waals surface area contributed by atoms with Crippen LogP contribution in [0.2, 0.25) is 0 Å². The molecular weight excluding hydrogens is 470 g/mol. The number of ether oxygens (including phenoxy) is 2. The van der Waals surface area contributed by atoms with E-state index < -0.39 is 11.8 Å². The van der Waals surface area contributed by atoms with Gasteiger partial charge in [0.25, 0.3) is 17.7 Å². The lowest BCUT2D eigenvalue weighted by Gasteiger charge is -2.16. The number of carbonyl (C=O) groups is 3.